The van der Waals surface area contributed by atoms with Gasteiger partial charge in [0, 0.05) is 18.8 Å². The van der Waals surface area contributed by atoms with Gasteiger partial charge in [-0.1, -0.05) is 42.1 Å². The van der Waals surface area contributed by atoms with Crippen LogP contribution < -0.4 is 10.2 Å². The molecular formula is C18H20Cl2N4O. The zero-order valence-electron chi connectivity index (χ0n) is 14.1. The Hall–Kier alpha value is -1.85. The smallest absolute Gasteiger partial charge is 0.274 e. The summed E-state index contributed by atoms with van der Waals surface area (Å²) in [5.74, 6) is 0.258. The molecule has 1 fully saturated rings. The third-order valence-electron chi connectivity index (χ3n) is 4.17. The highest BCUT2D eigenvalue weighted by molar-refractivity contribution is 6.40. The Labute approximate surface area is 157 Å². The summed E-state index contributed by atoms with van der Waals surface area (Å²) < 4.78 is 0. The molecule has 1 aromatic heterocycles. The number of amides is 1. The van der Waals surface area contributed by atoms with Crippen LogP contribution in [0.5, 0.6) is 0 Å². The second kappa shape index (κ2) is 8.02. The van der Waals surface area contributed by atoms with E-state index in [1.165, 1.54) is 12.8 Å². The molecule has 132 valence electrons. The largest absolute Gasteiger partial charge is 0.341 e. The van der Waals surface area contributed by atoms with E-state index in [1.54, 1.807) is 24.3 Å². The molecule has 7 heteroatoms. The minimum absolute atomic E-state index is 0.308. The van der Waals surface area contributed by atoms with Gasteiger partial charge < -0.3 is 10.2 Å². The number of aryl methyl sites for hydroxylation is 1. The molecule has 1 N–H and O–H groups in total. The van der Waals surface area contributed by atoms with Gasteiger partial charge in [0.2, 0.25) is 5.95 Å². The molecule has 1 amide bonds. The molecule has 0 aliphatic carbocycles. The molecule has 0 spiro atoms. The van der Waals surface area contributed by atoms with Gasteiger partial charge in [-0.2, -0.15) is 0 Å². The van der Waals surface area contributed by atoms with Crippen molar-refractivity contribution in [1.82, 2.24) is 9.97 Å². The van der Waals surface area contributed by atoms with E-state index in [4.69, 9.17) is 23.2 Å². The van der Waals surface area contributed by atoms with Crippen molar-refractivity contribution in [1.29, 1.82) is 0 Å². The molecule has 0 saturated carbocycles. The minimum Gasteiger partial charge on any atom is -0.341 e. The molecule has 25 heavy (non-hydrogen) atoms. The van der Waals surface area contributed by atoms with E-state index in [2.05, 4.69) is 20.2 Å². The average molecular weight is 379 g/mol. The lowest BCUT2D eigenvalue weighted by Gasteiger charge is -2.21. The summed E-state index contributed by atoms with van der Waals surface area (Å²) in [5.41, 5.74) is 1.45. The second-order valence-corrected chi connectivity index (χ2v) is 6.96. The van der Waals surface area contributed by atoms with Gasteiger partial charge in [0.25, 0.3) is 5.91 Å². The number of carbonyl (C=O) groups is 1. The monoisotopic (exact) mass is 378 g/mol. The Bertz CT molecular complexity index is 753. The number of hydrogen-bond donors (Lipinski definition) is 1. The van der Waals surface area contributed by atoms with E-state index in [1.807, 2.05) is 6.92 Å². The lowest BCUT2D eigenvalue weighted by molar-refractivity contribution is 0.102. The van der Waals surface area contributed by atoms with Crippen LogP contribution in [-0.4, -0.2) is 29.0 Å². The second-order valence-electron chi connectivity index (χ2n) is 6.15. The fourth-order valence-electron chi connectivity index (χ4n) is 2.88. The summed E-state index contributed by atoms with van der Waals surface area (Å²) >= 11 is 12.2. The predicted molar refractivity (Wildman–Crippen MR) is 102 cm³/mol. The van der Waals surface area contributed by atoms with Crippen molar-refractivity contribution in [3.8, 4) is 0 Å². The lowest BCUT2D eigenvalue weighted by atomic mass is 10.2. The van der Waals surface area contributed by atoms with E-state index >= 15 is 0 Å². The molecule has 0 radical (unpaired) electrons. The van der Waals surface area contributed by atoms with Crippen LogP contribution in [0, 0.1) is 6.92 Å². The number of rotatable bonds is 3. The zero-order chi connectivity index (χ0) is 17.8. The molecule has 0 bridgehead atoms. The number of hydrogen-bond acceptors (Lipinski definition) is 4. The fourth-order valence-corrected chi connectivity index (χ4v) is 3.37. The summed E-state index contributed by atoms with van der Waals surface area (Å²) in [5, 5.41) is 3.53. The Morgan fingerprint density at radius 1 is 1.08 bits per heavy atom. The van der Waals surface area contributed by atoms with Crippen molar-refractivity contribution in [3.63, 3.8) is 0 Å². The summed E-state index contributed by atoms with van der Waals surface area (Å²) in [7, 11) is 0. The van der Waals surface area contributed by atoms with Crippen molar-refractivity contribution < 1.29 is 4.79 Å². The number of aromatic nitrogens is 2. The molecule has 2 aromatic rings. The van der Waals surface area contributed by atoms with Crippen LogP contribution in [0.3, 0.4) is 0 Å². The summed E-state index contributed by atoms with van der Waals surface area (Å²) in [4.78, 5) is 23.8. The van der Waals surface area contributed by atoms with Gasteiger partial charge >= 0.3 is 0 Å². The SMILES string of the molecule is Cc1cc(C(=O)Nc2c(Cl)cccc2Cl)nc(N2CCCCCC2)n1. The Kier molecular flexibility index (Phi) is 5.76. The van der Waals surface area contributed by atoms with Gasteiger partial charge in [-0.15, -0.1) is 0 Å². The number of anilines is 2. The highest BCUT2D eigenvalue weighted by atomic mass is 35.5. The number of benzene rings is 1. The first kappa shape index (κ1) is 18.0. The van der Waals surface area contributed by atoms with Crippen LogP contribution >= 0.6 is 23.2 Å². The van der Waals surface area contributed by atoms with Crippen LogP contribution in [0.4, 0.5) is 11.6 Å². The molecule has 1 saturated heterocycles. The van der Waals surface area contributed by atoms with Crippen molar-refractivity contribution in [3.05, 3.63) is 45.7 Å². The minimum atomic E-state index is -0.350. The molecule has 1 aliphatic rings. The molecule has 1 aliphatic heterocycles. The highest BCUT2D eigenvalue weighted by Gasteiger charge is 2.18. The summed E-state index contributed by atoms with van der Waals surface area (Å²) in [6, 6.07) is 6.75. The normalized spacial score (nSPS) is 14.9. The number of nitrogens with one attached hydrogen (secondary N) is 1. The zero-order valence-corrected chi connectivity index (χ0v) is 15.6. The summed E-state index contributed by atoms with van der Waals surface area (Å²) in [6.07, 6.45) is 4.68. The maximum absolute atomic E-state index is 12.6. The fraction of sp³-hybridized carbons (Fsp3) is 0.389. The first-order valence-electron chi connectivity index (χ1n) is 8.40. The van der Waals surface area contributed by atoms with Gasteiger partial charge in [0.05, 0.1) is 15.7 Å². The van der Waals surface area contributed by atoms with Crippen LogP contribution in [0.1, 0.15) is 41.9 Å². The number of para-hydroxylation sites is 1. The van der Waals surface area contributed by atoms with E-state index in [9.17, 15) is 4.79 Å². The van der Waals surface area contributed by atoms with Crippen molar-refractivity contribution >= 4 is 40.7 Å². The first-order chi connectivity index (χ1) is 12.0. The Balaban J connectivity index is 1.85. The third-order valence-corrected chi connectivity index (χ3v) is 4.80. The average Bonchev–Trinajstić information content (AvgIpc) is 2.87. The van der Waals surface area contributed by atoms with Gasteiger partial charge in [-0.3, -0.25) is 4.79 Å². The molecule has 5 nitrogen and oxygen atoms in total. The topological polar surface area (TPSA) is 58.1 Å². The third kappa shape index (κ3) is 4.41. The standard InChI is InChI=1S/C18H20Cl2N4O/c1-12-11-15(17(25)23-16-13(19)7-6-8-14(16)20)22-18(21-12)24-9-4-2-3-5-10-24/h6-8,11H,2-5,9-10H2,1H3,(H,23,25). The van der Waals surface area contributed by atoms with Crippen molar-refractivity contribution in [2.75, 3.05) is 23.3 Å². The maximum atomic E-state index is 12.6. The molecule has 3 rings (SSSR count). The quantitative estimate of drug-likeness (QED) is 0.838. The van der Waals surface area contributed by atoms with Crippen LogP contribution in [0.15, 0.2) is 24.3 Å². The molecule has 0 unspecified atom stereocenters. The molecule has 0 atom stereocenters. The lowest BCUT2D eigenvalue weighted by Crippen LogP contribution is -2.27. The van der Waals surface area contributed by atoms with E-state index in [0.29, 0.717) is 27.4 Å². The number of halogens is 2. The molecule has 1 aromatic carbocycles. The highest BCUT2D eigenvalue weighted by Crippen LogP contribution is 2.30. The summed E-state index contributed by atoms with van der Waals surface area (Å²) in [6.45, 7) is 3.70. The van der Waals surface area contributed by atoms with Crippen molar-refractivity contribution in [2.24, 2.45) is 0 Å². The Morgan fingerprint density at radius 3 is 2.36 bits per heavy atom. The van der Waals surface area contributed by atoms with Gasteiger partial charge in [-0.05, 0) is 38.0 Å². The van der Waals surface area contributed by atoms with Crippen LogP contribution in [0.25, 0.3) is 0 Å². The van der Waals surface area contributed by atoms with Crippen LogP contribution in [-0.2, 0) is 0 Å². The first-order valence-corrected chi connectivity index (χ1v) is 9.16. The van der Waals surface area contributed by atoms with Crippen LogP contribution in [0.2, 0.25) is 10.0 Å². The van der Waals surface area contributed by atoms with Gasteiger partial charge in [0.15, 0.2) is 0 Å². The predicted octanol–water partition coefficient (Wildman–Crippen LogP) is 4.72. The van der Waals surface area contributed by atoms with E-state index < -0.39 is 0 Å². The number of carbonyl (C=O) groups excluding carboxylic acids is 1. The number of nitrogens with zero attached hydrogens (tertiary/aromatic N) is 3. The Morgan fingerprint density at radius 2 is 1.72 bits per heavy atom. The maximum Gasteiger partial charge on any atom is 0.274 e. The van der Waals surface area contributed by atoms with Crippen molar-refractivity contribution in [2.45, 2.75) is 32.6 Å². The molecule has 2 heterocycles. The van der Waals surface area contributed by atoms with E-state index in [0.717, 1.165) is 31.6 Å². The van der Waals surface area contributed by atoms with Gasteiger partial charge in [-0.25, -0.2) is 9.97 Å². The van der Waals surface area contributed by atoms with Gasteiger partial charge in [0.1, 0.15) is 5.69 Å². The van der Waals surface area contributed by atoms with E-state index in [-0.39, 0.29) is 5.91 Å². The molecular weight excluding hydrogens is 359 g/mol.